The van der Waals surface area contributed by atoms with Gasteiger partial charge in [-0.15, -0.1) is 0 Å². The Kier molecular flexibility index (Phi) is 4.94. The second-order valence-electron chi connectivity index (χ2n) is 8.47. The molecule has 5 aromatic rings. The van der Waals surface area contributed by atoms with E-state index in [0.717, 1.165) is 14.4 Å². The van der Waals surface area contributed by atoms with E-state index in [-0.39, 0.29) is 26.5 Å². The predicted octanol–water partition coefficient (Wildman–Crippen LogP) is 4.80. The normalized spacial score (nSPS) is 15.4. The van der Waals surface area contributed by atoms with E-state index in [9.17, 15) is 9.59 Å². The maximum absolute atomic E-state index is 13.4. The van der Waals surface area contributed by atoms with Crippen LogP contribution in [0.4, 0.5) is 15.1 Å². The van der Waals surface area contributed by atoms with Crippen molar-refractivity contribution in [3.05, 3.63) is 117 Å². The zero-order chi connectivity index (χ0) is 23.5. The Labute approximate surface area is 218 Å². The molecule has 5 heteroatoms. The summed E-state index contributed by atoms with van der Waals surface area (Å²) in [6, 6.07) is 33.0. The molecule has 1 aromatic heterocycles. The molecule has 166 valence electrons. The molecule has 0 unspecified atom stereocenters. The van der Waals surface area contributed by atoms with Gasteiger partial charge < -0.3 is 0 Å². The number of rotatable bonds is 2. The third-order valence-electron chi connectivity index (χ3n) is 6.44. The Hall–Kier alpha value is -3.19. The molecular weight excluding hydrogens is 613 g/mol. The van der Waals surface area contributed by atoms with Crippen molar-refractivity contribution in [3.8, 4) is 0 Å². The van der Waals surface area contributed by atoms with Crippen LogP contribution in [0.25, 0.3) is 16.8 Å². The summed E-state index contributed by atoms with van der Waals surface area (Å²) < 4.78 is 5.13. The summed E-state index contributed by atoms with van der Waals surface area (Å²) in [5.41, 5.74) is 3.86. The van der Waals surface area contributed by atoms with Crippen LogP contribution < -0.4 is 13.8 Å². The van der Waals surface area contributed by atoms with Crippen molar-refractivity contribution in [3.63, 3.8) is 0 Å². The van der Waals surface area contributed by atoms with E-state index in [1.165, 1.54) is 24.0 Å². The number of benzene rings is 4. The molecule has 0 fully saturated rings. The molecule has 0 N–H and O–H groups in total. The van der Waals surface area contributed by atoms with E-state index in [1.807, 2.05) is 36.4 Å². The van der Waals surface area contributed by atoms with Gasteiger partial charge in [-0.25, -0.2) is 0 Å². The van der Waals surface area contributed by atoms with Crippen molar-refractivity contribution >= 4 is 87.8 Å². The minimum absolute atomic E-state index is 0.153. The number of carbonyl (C=O) groups is 2. The first kappa shape index (κ1) is 21.1. The van der Waals surface area contributed by atoms with Gasteiger partial charge in [-0.2, -0.15) is 0 Å². The van der Waals surface area contributed by atoms with Crippen LogP contribution in [0.2, 0.25) is 0 Å². The van der Waals surface area contributed by atoms with Gasteiger partial charge in [0, 0.05) is 0 Å². The summed E-state index contributed by atoms with van der Waals surface area (Å²) in [5.74, 6) is -0.311. The number of allylic oxidation sites excluding steroid dienone is 1. The minimum atomic E-state index is -0.785. The van der Waals surface area contributed by atoms with E-state index >= 15 is 0 Å². The summed E-state index contributed by atoms with van der Waals surface area (Å²) in [7, 11) is 0. The van der Waals surface area contributed by atoms with Crippen LogP contribution in [0.15, 0.2) is 103 Å². The summed E-state index contributed by atoms with van der Waals surface area (Å²) in [6.07, 6.45) is 1.86. The van der Waals surface area contributed by atoms with Crippen LogP contribution >= 0.6 is 0 Å². The number of ketones is 2. The maximum atomic E-state index is 13.4. The Bertz CT molecular complexity index is 1690. The predicted molar refractivity (Wildman–Crippen MR) is 144 cm³/mol. The Morgan fingerprint density at radius 2 is 1.37 bits per heavy atom. The van der Waals surface area contributed by atoms with Gasteiger partial charge in [0.1, 0.15) is 0 Å². The Balaban J connectivity index is 1.31. The molecule has 0 spiro atoms. The van der Waals surface area contributed by atoms with Crippen molar-refractivity contribution < 1.29 is 9.59 Å². The number of fused-ring (bicyclic) bond motifs is 5. The second kappa shape index (κ2) is 8.19. The van der Waals surface area contributed by atoms with Crippen molar-refractivity contribution in [1.29, 1.82) is 0 Å². The van der Waals surface area contributed by atoms with Crippen LogP contribution in [-0.2, 0) is 0 Å². The van der Waals surface area contributed by atoms with Gasteiger partial charge >= 0.3 is 220 Å². The topological polar surface area (TPSA) is 37.4 Å². The second-order valence-corrected chi connectivity index (χ2v) is 13.9. The van der Waals surface area contributed by atoms with Crippen LogP contribution in [0, 0.1) is 0 Å². The molecule has 2 aliphatic rings. The molecule has 1 aliphatic carbocycles. The van der Waals surface area contributed by atoms with Gasteiger partial charge in [0.2, 0.25) is 0 Å². The molecule has 4 aromatic carbocycles. The average molecular weight is 630 g/mol. The summed E-state index contributed by atoms with van der Waals surface area (Å²) in [5, 5.41) is 1.83. The number of nitrogens with zero attached hydrogens (tertiary/aromatic N) is 1. The molecule has 0 radical (unpaired) electrons. The first-order chi connectivity index (χ1) is 17.2. The number of carbonyl (C=O) groups excluding carboxylic acids is 2. The van der Waals surface area contributed by atoms with E-state index in [4.69, 9.17) is 0 Å². The number of Topliss-reactive ketones (excluding diaryl/α,β-unsaturated/α-hetero) is 2. The SMILES string of the molecule is O=C1/C(=C\c2ccc(N3c4ccccc4[Se]c4ccccc43)[te]2)C(=O)c2c1ccc1ccccc21. The fourth-order valence-electron chi connectivity index (χ4n) is 4.84. The van der Waals surface area contributed by atoms with Crippen LogP contribution in [0.1, 0.15) is 24.3 Å². The first-order valence-corrected chi connectivity index (χ1v) is 15.3. The molecule has 0 bridgehead atoms. The van der Waals surface area contributed by atoms with Crippen LogP contribution in [0.3, 0.4) is 0 Å². The van der Waals surface area contributed by atoms with Crippen LogP contribution in [-0.4, -0.2) is 47.0 Å². The van der Waals surface area contributed by atoms with Crippen molar-refractivity contribution in [1.82, 2.24) is 0 Å². The average Bonchev–Trinajstić information content (AvgIpc) is 3.45. The molecule has 3 nitrogen and oxygen atoms in total. The fourth-order valence-corrected chi connectivity index (χ4v) is 9.86. The molecule has 35 heavy (non-hydrogen) atoms. The van der Waals surface area contributed by atoms with E-state index < -0.39 is 20.4 Å². The van der Waals surface area contributed by atoms with Crippen LogP contribution in [0.5, 0.6) is 0 Å². The van der Waals surface area contributed by atoms with E-state index in [0.29, 0.717) is 16.7 Å². The van der Waals surface area contributed by atoms with Gasteiger partial charge in [-0.1, -0.05) is 0 Å². The molecule has 0 atom stereocenters. The molecule has 0 saturated carbocycles. The molecule has 2 heterocycles. The standard InChI is InChI=1S/C30H17NO2SeTe/c32-29-21-15-13-18-7-1-2-8-20(18)28(21)30(33)22(29)17-19-14-16-27(35-19)31-23-9-3-5-11-25(23)34-26-12-6-4-10-24(26)31/h1-17H/b22-17+. The molecule has 7 rings (SSSR count). The number of hydrogen-bond donors (Lipinski definition) is 0. The summed E-state index contributed by atoms with van der Waals surface area (Å²) in [4.78, 5) is 29.0. The third-order valence-corrected chi connectivity index (χ3v) is 11.7. The third kappa shape index (κ3) is 3.32. The van der Waals surface area contributed by atoms with Crippen molar-refractivity contribution in [2.24, 2.45) is 0 Å². The Morgan fingerprint density at radius 1 is 0.686 bits per heavy atom. The summed E-state index contributed by atoms with van der Waals surface area (Å²) in [6.45, 7) is 0. The van der Waals surface area contributed by atoms with Gasteiger partial charge in [0.25, 0.3) is 0 Å². The quantitative estimate of drug-likeness (QED) is 0.157. The first-order valence-electron chi connectivity index (χ1n) is 11.3. The monoisotopic (exact) mass is 633 g/mol. The van der Waals surface area contributed by atoms with Gasteiger partial charge in [0.15, 0.2) is 0 Å². The molecular formula is C30H17NO2SeTe. The van der Waals surface area contributed by atoms with Crippen molar-refractivity contribution in [2.75, 3.05) is 4.90 Å². The zero-order valence-corrected chi connectivity index (χ0v) is 22.4. The van der Waals surface area contributed by atoms with Gasteiger partial charge in [-0.3, -0.25) is 0 Å². The molecule has 1 aliphatic heterocycles. The fraction of sp³-hybridized carbons (Fsp3) is 0. The van der Waals surface area contributed by atoms with Gasteiger partial charge in [0.05, 0.1) is 0 Å². The zero-order valence-electron chi connectivity index (χ0n) is 18.4. The van der Waals surface area contributed by atoms with Crippen molar-refractivity contribution in [2.45, 2.75) is 0 Å². The molecule has 0 saturated heterocycles. The number of anilines is 3. The van der Waals surface area contributed by atoms with E-state index in [2.05, 4.69) is 65.6 Å². The Morgan fingerprint density at radius 3 is 2.14 bits per heavy atom. The number of para-hydroxylation sites is 2. The molecule has 0 amide bonds. The van der Waals surface area contributed by atoms with Gasteiger partial charge in [-0.05, 0) is 0 Å². The number of hydrogen-bond acceptors (Lipinski definition) is 3. The van der Waals surface area contributed by atoms with E-state index in [1.54, 1.807) is 6.07 Å². The summed E-state index contributed by atoms with van der Waals surface area (Å²) >= 11 is -0.508.